The topological polar surface area (TPSA) is 90.5 Å². The van der Waals surface area contributed by atoms with Gasteiger partial charge in [-0.2, -0.15) is 0 Å². The molecule has 24 heavy (non-hydrogen) atoms. The predicted molar refractivity (Wildman–Crippen MR) is 83.7 cm³/mol. The fourth-order valence-electron chi connectivity index (χ4n) is 2.64. The van der Waals surface area contributed by atoms with Gasteiger partial charge in [0.05, 0.1) is 26.4 Å². The van der Waals surface area contributed by atoms with Gasteiger partial charge in [0.1, 0.15) is 0 Å². The zero-order chi connectivity index (χ0) is 17.9. The zero-order valence-electron chi connectivity index (χ0n) is 14.4. The van der Waals surface area contributed by atoms with E-state index in [1.54, 1.807) is 16.8 Å². The first kappa shape index (κ1) is 18.3. The van der Waals surface area contributed by atoms with E-state index in [-0.39, 0.29) is 31.6 Å². The van der Waals surface area contributed by atoms with Crippen LogP contribution in [0, 0.1) is 5.92 Å². The van der Waals surface area contributed by atoms with Gasteiger partial charge in [-0.25, -0.2) is 9.69 Å². The minimum absolute atomic E-state index is 0.0649. The number of amides is 5. The Morgan fingerprint density at radius 3 is 2.29 bits per heavy atom. The van der Waals surface area contributed by atoms with Gasteiger partial charge in [-0.1, -0.05) is 13.8 Å². The van der Waals surface area contributed by atoms with Gasteiger partial charge < -0.3 is 9.64 Å². The van der Waals surface area contributed by atoms with E-state index in [0.29, 0.717) is 26.3 Å². The van der Waals surface area contributed by atoms with Crippen molar-refractivity contribution in [1.82, 2.24) is 19.6 Å². The van der Waals surface area contributed by atoms with Crippen molar-refractivity contribution in [3.05, 3.63) is 0 Å². The Labute approximate surface area is 141 Å². The zero-order valence-corrected chi connectivity index (χ0v) is 14.4. The van der Waals surface area contributed by atoms with E-state index in [0.717, 1.165) is 9.80 Å². The maximum atomic E-state index is 12.3. The van der Waals surface area contributed by atoms with Gasteiger partial charge in [0.2, 0.25) is 5.91 Å². The molecular formula is C15H24N4O5. The number of ether oxygens (including phenoxy) is 1. The number of hydrogen-bond donors (Lipinski definition) is 0. The molecule has 9 heteroatoms. The molecule has 0 saturated carbocycles. The van der Waals surface area contributed by atoms with E-state index >= 15 is 0 Å². The lowest BCUT2D eigenvalue weighted by Gasteiger charge is -2.29. The Hall–Kier alpha value is -2.00. The van der Waals surface area contributed by atoms with Crippen LogP contribution >= 0.6 is 0 Å². The average molecular weight is 340 g/mol. The molecule has 0 bridgehead atoms. The predicted octanol–water partition coefficient (Wildman–Crippen LogP) is -0.819. The van der Waals surface area contributed by atoms with Gasteiger partial charge in [0, 0.05) is 19.6 Å². The molecule has 0 unspecified atom stereocenters. The van der Waals surface area contributed by atoms with Crippen molar-refractivity contribution in [3.63, 3.8) is 0 Å². The highest BCUT2D eigenvalue weighted by atomic mass is 16.5. The molecule has 0 spiro atoms. The molecule has 2 rings (SSSR count). The smallest absolute Gasteiger partial charge is 0.335 e. The van der Waals surface area contributed by atoms with Crippen LogP contribution in [0.2, 0.25) is 0 Å². The van der Waals surface area contributed by atoms with Gasteiger partial charge in [0.25, 0.3) is 0 Å². The largest absolute Gasteiger partial charge is 0.378 e. The number of carbonyl (C=O) groups excluding carboxylic acids is 4. The third-order valence-corrected chi connectivity index (χ3v) is 3.83. The van der Waals surface area contributed by atoms with Crippen molar-refractivity contribution in [3.8, 4) is 0 Å². The molecule has 0 radical (unpaired) electrons. The van der Waals surface area contributed by atoms with E-state index in [4.69, 9.17) is 4.74 Å². The van der Waals surface area contributed by atoms with Crippen LogP contribution in [-0.4, -0.2) is 96.5 Å². The van der Waals surface area contributed by atoms with Crippen molar-refractivity contribution in [2.75, 3.05) is 53.1 Å². The van der Waals surface area contributed by atoms with E-state index < -0.39 is 17.8 Å². The van der Waals surface area contributed by atoms with Gasteiger partial charge in [0.15, 0.2) is 0 Å². The van der Waals surface area contributed by atoms with Crippen LogP contribution < -0.4 is 0 Å². The summed E-state index contributed by atoms with van der Waals surface area (Å²) in [5.74, 6) is -1.66. The first-order valence-electron chi connectivity index (χ1n) is 8.02. The fourth-order valence-corrected chi connectivity index (χ4v) is 2.64. The molecule has 134 valence electrons. The van der Waals surface area contributed by atoms with Gasteiger partial charge >= 0.3 is 17.8 Å². The lowest BCUT2D eigenvalue weighted by Crippen LogP contribution is -2.48. The van der Waals surface area contributed by atoms with E-state index in [1.807, 2.05) is 13.8 Å². The van der Waals surface area contributed by atoms with Crippen LogP contribution in [0.25, 0.3) is 0 Å². The van der Waals surface area contributed by atoms with E-state index in [2.05, 4.69) is 0 Å². The van der Waals surface area contributed by atoms with Gasteiger partial charge in [-0.15, -0.1) is 0 Å². The number of likely N-dealkylation sites (N-methyl/N-ethyl adjacent to an activating group) is 1. The number of hydrogen-bond acceptors (Lipinski definition) is 6. The van der Waals surface area contributed by atoms with Crippen molar-refractivity contribution in [2.24, 2.45) is 5.92 Å². The lowest BCUT2D eigenvalue weighted by molar-refractivity contribution is -0.144. The molecule has 2 aliphatic rings. The second kappa shape index (κ2) is 7.71. The number of rotatable bonds is 6. The standard InChI is InChI=1S/C15H24N4O5/c1-11(2)8-18-13(21)14(22)19(15(18)23)10-16(3)9-12(20)17-4-6-24-7-5-17/h11H,4-10H2,1-3H3. The number of carbonyl (C=O) groups is 4. The van der Waals surface area contributed by atoms with Crippen LogP contribution in [-0.2, 0) is 19.1 Å². The third kappa shape index (κ3) is 4.09. The molecule has 2 saturated heterocycles. The summed E-state index contributed by atoms with van der Waals surface area (Å²) in [7, 11) is 1.63. The van der Waals surface area contributed by atoms with Gasteiger partial charge in [-0.05, 0) is 13.0 Å². The van der Waals surface area contributed by atoms with Crippen LogP contribution in [0.4, 0.5) is 4.79 Å². The Kier molecular flexibility index (Phi) is 5.89. The van der Waals surface area contributed by atoms with Crippen LogP contribution in [0.5, 0.6) is 0 Å². The molecule has 0 aromatic carbocycles. The fraction of sp³-hybridized carbons (Fsp3) is 0.733. The summed E-state index contributed by atoms with van der Waals surface area (Å²) in [6.07, 6.45) is 0. The third-order valence-electron chi connectivity index (χ3n) is 3.83. The summed E-state index contributed by atoms with van der Waals surface area (Å²) in [5, 5.41) is 0. The second-order valence-corrected chi connectivity index (χ2v) is 6.47. The Morgan fingerprint density at radius 1 is 1.12 bits per heavy atom. The lowest BCUT2D eigenvalue weighted by atomic mass is 10.2. The van der Waals surface area contributed by atoms with E-state index in [9.17, 15) is 19.2 Å². The molecule has 2 heterocycles. The highest BCUT2D eigenvalue weighted by molar-refractivity contribution is 6.44. The number of urea groups is 1. The van der Waals surface area contributed by atoms with Crippen LogP contribution in [0.1, 0.15) is 13.8 Å². The summed E-state index contributed by atoms with van der Waals surface area (Å²) < 4.78 is 5.20. The summed E-state index contributed by atoms with van der Waals surface area (Å²) in [4.78, 5) is 53.5. The van der Waals surface area contributed by atoms with Crippen molar-refractivity contribution in [2.45, 2.75) is 13.8 Å². The molecule has 0 atom stereocenters. The summed E-state index contributed by atoms with van der Waals surface area (Å²) >= 11 is 0. The van der Waals surface area contributed by atoms with Crippen LogP contribution in [0.3, 0.4) is 0 Å². The van der Waals surface area contributed by atoms with E-state index in [1.165, 1.54) is 0 Å². The summed E-state index contributed by atoms with van der Waals surface area (Å²) in [6.45, 7) is 6.00. The first-order chi connectivity index (χ1) is 11.3. The monoisotopic (exact) mass is 340 g/mol. The first-order valence-corrected chi connectivity index (χ1v) is 8.02. The molecule has 0 aromatic rings. The Bertz CT molecular complexity index is 530. The normalized spacial score (nSPS) is 19.2. The SMILES string of the molecule is CC(C)CN1C(=O)C(=O)N(CN(C)CC(=O)N2CCOCC2)C1=O. The molecule has 0 aliphatic carbocycles. The maximum Gasteiger partial charge on any atom is 0.335 e. The highest BCUT2D eigenvalue weighted by Gasteiger charge is 2.44. The minimum atomic E-state index is -0.841. The molecule has 2 aliphatic heterocycles. The Balaban J connectivity index is 1.91. The molecule has 0 aromatic heterocycles. The number of nitrogens with zero attached hydrogens (tertiary/aromatic N) is 4. The van der Waals surface area contributed by atoms with Crippen molar-refractivity contribution in [1.29, 1.82) is 0 Å². The quantitative estimate of drug-likeness (QED) is 0.464. The maximum absolute atomic E-state index is 12.3. The molecule has 2 fully saturated rings. The second-order valence-electron chi connectivity index (χ2n) is 6.47. The number of morpholine rings is 1. The molecule has 5 amide bonds. The molecule has 0 N–H and O–H groups in total. The van der Waals surface area contributed by atoms with Crippen molar-refractivity contribution < 1.29 is 23.9 Å². The molecule has 9 nitrogen and oxygen atoms in total. The van der Waals surface area contributed by atoms with Crippen LogP contribution in [0.15, 0.2) is 0 Å². The van der Waals surface area contributed by atoms with Gasteiger partial charge in [-0.3, -0.25) is 24.2 Å². The minimum Gasteiger partial charge on any atom is -0.378 e. The summed E-state index contributed by atoms with van der Waals surface area (Å²) in [5.41, 5.74) is 0. The number of imide groups is 2. The average Bonchev–Trinajstić information content (AvgIpc) is 2.73. The molecular weight excluding hydrogens is 316 g/mol. The summed E-state index contributed by atoms with van der Waals surface area (Å²) in [6, 6.07) is -0.621. The van der Waals surface area contributed by atoms with Crippen molar-refractivity contribution >= 4 is 23.8 Å². The highest BCUT2D eigenvalue weighted by Crippen LogP contribution is 2.14. The Morgan fingerprint density at radius 2 is 1.71 bits per heavy atom.